The molecule has 0 saturated carbocycles. The van der Waals surface area contributed by atoms with Crippen LogP contribution in [0.4, 0.5) is 5.69 Å². The van der Waals surface area contributed by atoms with Crippen LogP contribution in [-0.2, 0) is 9.31 Å². The van der Waals surface area contributed by atoms with E-state index in [2.05, 4.69) is 5.32 Å². The van der Waals surface area contributed by atoms with Crippen LogP contribution in [0.3, 0.4) is 0 Å². The van der Waals surface area contributed by atoms with E-state index in [1.54, 1.807) is 0 Å². The molecule has 1 saturated heterocycles. The molecule has 4 rings (SSSR count). The molecule has 28 heavy (non-hydrogen) atoms. The Hall–Kier alpha value is -2.63. The Morgan fingerprint density at radius 2 is 1.36 bits per heavy atom. The quantitative estimate of drug-likeness (QED) is 0.693. The maximum atomic E-state index is 12.9. The highest BCUT2D eigenvalue weighted by atomic mass is 16.7. The standard InChI is InChI=1S/C23H24BNO3/c1-22(2)23(3,4)28-24(27-22)20-15-14-19(17-12-8-9-13-18(17)20)21(26)25-16-10-6-5-7-11-16/h5-15H,1-4H3,(H,25,26). The van der Waals surface area contributed by atoms with Crippen molar-refractivity contribution in [1.82, 2.24) is 0 Å². The van der Waals surface area contributed by atoms with Crippen molar-refractivity contribution >= 4 is 34.9 Å². The van der Waals surface area contributed by atoms with E-state index in [4.69, 9.17) is 9.31 Å². The summed E-state index contributed by atoms with van der Waals surface area (Å²) in [5.74, 6) is -0.136. The van der Waals surface area contributed by atoms with E-state index in [0.717, 1.165) is 21.9 Å². The SMILES string of the molecule is CC1(C)OB(c2ccc(C(=O)Nc3ccccc3)c3ccccc23)OC1(C)C. The lowest BCUT2D eigenvalue weighted by Crippen LogP contribution is -2.41. The molecule has 0 spiro atoms. The fourth-order valence-electron chi connectivity index (χ4n) is 3.42. The van der Waals surface area contributed by atoms with Crippen LogP contribution in [0.5, 0.6) is 0 Å². The molecule has 0 aliphatic carbocycles. The van der Waals surface area contributed by atoms with Crippen LogP contribution in [-0.4, -0.2) is 24.2 Å². The second-order valence-corrected chi connectivity index (χ2v) is 8.16. The zero-order valence-electron chi connectivity index (χ0n) is 16.7. The monoisotopic (exact) mass is 373 g/mol. The van der Waals surface area contributed by atoms with E-state index in [1.807, 2.05) is 94.4 Å². The number of rotatable bonds is 3. The van der Waals surface area contributed by atoms with Crippen molar-refractivity contribution in [2.45, 2.75) is 38.9 Å². The summed E-state index contributed by atoms with van der Waals surface area (Å²) in [6.07, 6.45) is 0. The highest BCUT2D eigenvalue weighted by Gasteiger charge is 2.52. The maximum absolute atomic E-state index is 12.9. The van der Waals surface area contributed by atoms with Gasteiger partial charge in [-0.15, -0.1) is 0 Å². The third-order valence-electron chi connectivity index (χ3n) is 5.74. The summed E-state index contributed by atoms with van der Waals surface area (Å²) in [7, 11) is -0.471. The first-order valence-electron chi connectivity index (χ1n) is 9.52. The van der Waals surface area contributed by atoms with Gasteiger partial charge in [-0.25, -0.2) is 0 Å². The molecule has 0 bridgehead atoms. The zero-order valence-corrected chi connectivity index (χ0v) is 16.7. The van der Waals surface area contributed by atoms with Crippen LogP contribution in [0.1, 0.15) is 38.1 Å². The van der Waals surface area contributed by atoms with Crippen molar-refractivity contribution in [2.24, 2.45) is 0 Å². The molecule has 4 nitrogen and oxygen atoms in total. The van der Waals surface area contributed by atoms with E-state index < -0.39 is 18.3 Å². The van der Waals surface area contributed by atoms with E-state index in [-0.39, 0.29) is 5.91 Å². The third kappa shape index (κ3) is 3.21. The van der Waals surface area contributed by atoms with Gasteiger partial charge in [0.1, 0.15) is 0 Å². The smallest absolute Gasteiger partial charge is 0.399 e. The predicted molar refractivity (Wildman–Crippen MR) is 114 cm³/mol. The van der Waals surface area contributed by atoms with Crippen LogP contribution in [0.15, 0.2) is 66.7 Å². The number of hydrogen-bond acceptors (Lipinski definition) is 3. The molecule has 1 aliphatic rings. The van der Waals surface area contributed by atoms with E-state index in [1.165, 1.54) is 0 Å². The molecule has 5 heteroatoms. The number of carbonyl (C=O) groups is 1. The van der Waals surface area contributed by atoms with Gasteiger partial charge in [-0.1, -0.05) is 48.5 Å². The van der Waals surface area contributed by atoms with Crippen molar-refractivity contribution in [2.75, 3.05) is 5.32 Å². The van der Waals surface area contributed by atoms with Gasteiger partial charge in [-0.2, -0.15) is 0 Å². The van der Waals surface area contributed by atoms with Gasteiger partial charge in [-0.3, -0.25) is 4.79 Å². The fraction of sp³-hybridized carbons (Fsp3) is 0.261. The van der Waals surface area contributed by atoms with Gasteiger partial charge >= 0.3 is 7.12 Å². The van der Waals surface area contributed by atoms with E-state index >= 15 is 0 Å². The summed E-state index contributed by atoms with van der Waals surface area (Å²) >= 11 is 0. The largest absolute Gasteiger partial charge is 0.495 e. The summed E-state index contributed by atoms with van der Waals surface area (Å²) in [6, 6.07) is 21.1. The van der Waals surface area contributed by atoms with Crippen LogP contribution >= 0.6 is 0 Å². The van der Waals surface area contributed by atoms with E-state index in [9.17, 15) is 4.79 Å². The number of carbonyl (C=O) groups excluding carboxylic acids is 1. The van der Waals surface area contributed by atoms with Crippen molar-refractivity contribution in [3.8, 4) is 0 Å². The van der Waals surface area contributed by atoms with Gasteiger partial charge in [0.25, 0.3) is 5.91 Å². The summed E-state index contributed by atoms with van der Waals surface area (Å²) in [6.45, 7) is 8.15. The van der Waals surface area contributed by atoms with Gasteiger partial charge < -0.3 is 14.6 Å². The summed E-state index contributed by atoms with van der Waals surface area (Å²) < 4.78 is 12.5. The van der Waals surface area contributed by atoms with Gasteiger partial charge in [0.15, 0.2) is 0 Å². The van der Waals surface area contributed by atoms with Gasteiger partial charge in [0.05, 0.1) is 11.2 Å². The van der Waals surface area contributed by atoms with Crippen molar-refractivity contribution in [3.05, 3.63) is 72.3 Å². The van der Waals surface area contributed by atoms with Crippen LogP contribution in [0.25, 0.3) is 10.8 Å². The minimum absolute atomic E-state index is 0.136. The second-order valence-electron chi connectivity index (χ2n) is 8.16. The van der Waals surface area contributed by atoms with Crippen LogP contribution < -0.4 is 10.8 Å². The Morgan fingerprint density at radius 1 is 0.786 bits per heavy atom. The first kappa shape index (κ1) is 18.7. The average Bonchev–Trinajstić information content (AvgIpc) is 2.88. The lowest BCUT2D eigenvalue weighted by molar-refractivity contribution is 0.00578. The Kier molecular flexibility index (Phi) is 4.52. The molecule has 0 aromatic heterocycles. The number of benzene rings is 3. The number of fused-ring (bicyclic) bond motifs is 1. The number of amides is 1. The highest BCUT2D eigenvalue weighted by molar-refractivity contribution is 6.65. The van der Waals surface area contributed by atoms with Gasteiger partial charge in [-0.05, 0) is 62.1 Å². The Morgan fingerprint density at radius 3 is 2.00 bits per heavy atom. The molecular formula is C23H24BNO3. The third-order valence-corrected chi connectivity index (χ3v) is 5.74. The number of anilines is 1. The molecule has 0 atom stereocenters. The molecule has 1 amide bonds. The number of nitrogens with one attached hydrogen (secondary N) is 1. The number of hydrogen-bond donors (Lipinski definition) is 1. The second kappa shape index (κ2) is 6.76. The molecular weight excluding hydrogens is 349 g/mol. The van der Waals surface area contributed by atoms with Crippen molar-refractivity contribution in [3.63, 3.8) is 0 Å². The molecule has 3 aromatic carbocycles. The molecule has 1 N–H and O–H groups in total. The molecule has 1 fully saturated rings. The van der Waals surface area contributed by atoms with Crippen molar-refractivity contribution < 1.29 is 14.1 Å². The normalized spacial score (nSPS) is 17.6. The highest BCUT2D eigenvalue weighted by Crippen LogP contribution is 2.37. The van der Waals surface area contributed by atoms with Crippen LogP contribution in [0.2, 0.25) is 0 Å². The molecule has 1 aliphatic heterocycles. The minimum atomic E-state index is -0.471. The number of para-hydroxylation sites is 1. The lowest BCUT2D eigenvalue weighted by Gasteiger charge is -2.32. The topological polar surface area (TPSA) is 47.6 Å². The fourth-order valence-corrected chi connectivity index (χ4v) is 3.42. The van der Waals surface area contributed by atoms with Crippen molar-refractivity contribution in [1.29, 1.82) is 0 Å². The summed E-state index contributed by atoms with van der Waals surface area (Å²) in [5.41, 5.74) is 1.50. The van der Waals surface area contributed by atoms with E-state index in [0.29, 0.717) is 5.56 Å². The van der Waals surface area contributed by atoms with Crippen LogP contribution in [0, 0.1) is 0 Å². The Labute approximate surface area is 166 Å². The zero-order chi connectivity index (χ0) is 19.9. The first-order valence-corrected chi connectivity index (χ1v) is 9.52. The maximum Gasteiger partial charge on any atom is 0.495 e. The van der Waals surface area contributed by atoms with Gasteiger partial charge in [0, 0.05) is 11.3 Å². The Balaban J connectivity index is 1.73. The molecule has 1 heterocycles. The lowest BCUT2D eigenvalue weighted by atomic mass is 9.75. The minimum Gasteiger partial charge on any atom is -0.399 e. The molecule has 0 radical (unpaired) electrons. The summed E-state index contributed by atoms with van der Waals surface area (Å²) in [5, 5.41) is 4.80. The average molecular weight is 373 g/mol. The van der Waals surface area contributed by atoms with Gasteiger partial charge in [0.2, 0.25) is 0 Å². The predicted octanol–water partition coefficient (Wildman–Crippen LogP) is 4.39. The first-order chi connectivity index (χ1) is 13.3. The Bertz CT molecular complexity index is 1010. The summed E-state index contributed by atoms with van der Waals surface area (Å²) in [4.78, 5) is 12.9. The molecule has 0 unspecified atom stereocenters. The molecule has 142 valence electrons. The molecule has 3 aromatic rings.